The molecule has 0 aromatic heterocycles. The van der Waals surface area contributed by atoms with Crippen molar-refractivity contribution in [3.05, 3.63) is 29.3 Å². The van der Waals surface area contributed by atoms with Crippen LogP contribution in [-0.2, 0) is 4.74 Å². The van der Waals surface area contributed by atoms with Crippen LogP contribution in [0.2, 0.25) is 0 Å². The van der Waals surface area contributed by atoms with Crippen molar-refractivity contribution in [2.24, 2.45) is 0 Å². The van der Waals surface area contributed by atoms with Crippen LogP contribution in [0.25, 0.3) is 0 Å². The van der Waals surface area contributed by atoms with E-state index in [1.165, 1.54) is 19.2 Å². The van der Waals surface area contributed by atoms with E-state index in [-0.39, 0.29) is 17.5 Å². The number of nitrogens with two attached hydrogens (primary N) is 1. The van der Waals surface area contributed by atoms with Crippen molar-refractivity contribution in [2.75, 3.05) is 12.8 Å². The monoisotopic (exact) mass is 234 g/mol. The molecule has 1 amide bonds. The third-order valence-electron chi connectivity index (χ3n) is 2.55. The van der Waals surface area contributed by atoms with Gasteiger partial charge in [-0.3, -0.25) is 4.79 Å². The van der Waals surface area contributed by atoms with E-state index < -0.39 is 5.97 Å². The Bertz CT molecular complexity index is 467. The number of benzene rings is 1. The number of methoxy groups -OCH3 is 1. The number of nitrogen functional groups attached to an aromatic ring is 1. The van der Waals surface area contributed by atoms with Crippen LogP contribution in [0, 0.1) is 0 Å². The summed E-state index contributed by atoms with van der Waals surface area (Å²) in [6.45, 7) is 0. The van der Waals surface area contributed by atoms with E-state index in [9.17, 15) is 9.59 Å². The van der Waals surface area contributed by atoms with Gasteiger partial charge in [-0.25, -0.2) is 4.79 Å². The predicted octanol–water partition coefficient (Wildman–Crippen LogP) is 0.948. The van der Waals surface area contributed by atoms with E-state index in [1.807, 2.05) is 0 Å². The topological polar surface area (TPSA) is 81.4 Å². The lowest BCUT2D eigenvalue weighted by molar-refractivity contribution is 0.0601. The quantitative estimate of drug-likeness (QED) is 0.602. The van der Waals surface area contributed by atoms with Crippen molar-refractivity contribution in [1.29, 1.82) is 0 Å². The number of amides is 1. The number of hydrogen-bond donors (Lipinski definition) is 2. The summed E-state index contributed by atoms with van der Waals surface area (Å²) in [4.78, 5) is 23.2. The van der Waals surface area contributed by atoms with Crippen molar-refractivity contribution in [3.63, 3.8) is 0 Å². The fraction of sp³-hybridized carbons (Fsp3) is 0.333. The van der Waals surface area contributed by atoms with Crippen molar-refractivity contribution >= 4 is 17.6 Å². The maximum Gasteiger partial charge on any atom is 0.337 e. The Kier molecular flexibility index (Phi) is 2.99. The second kappa shape index (κ2) is 4.45. The summed E-state index contributed by atoms with van der Waals surface area (Å²) in [6.07, 6.45) is 2.02. The van der Waals surface area contributed by atoms with Gasteiger partial charge in [-0.1, -0.05) is 0 Å². The molecule has 3 N–H and O–H groups in total. The molecule has 1 aliphatic carbocycles. The average Bonchev–Trinajstić information content (AvgIpc) is 3.11. The third kappa shape index (κ3) is 2.75. The van der Waals surface area contributed by atoms with Gasteiger partial charge >= 0.3 is 5.97 Å². The van der Waals surface area contributed by atoms with E-state index >= 15 is 0 Å². The molecule has 90 valence electrons. The summed E-state index contributed by atoms with van der Waals surface area (Å²) in [5.74, 6) is -0.706. The summed E-state index contributed by atoms with van der Waals surface area (Å²) < 4.78 is 4.59. The van der Waals surface area contributed by atoms with Gasteiger partial charge in [0.2, 0.25) is 0 Å². The molecule has 0 spiro atoms. The van der Waals surface area contributed by atoms with Gasteiger partial charge in [0.1, 0.15) is 0 Å². The summed E-state index contributed by atoms with van der Waals surface area (Å²) in [7, 11) is 1.29. The number of anilines is 1. The molecule has 0 atom stereocenters. The second-order valence-electron chi connectivity index (χ2n) is 4.08. The smallest absolute Gasteiger partial charge is 0.337 e. The molecule has 17 heavy (non-hydrogen) atoms. The molecule has 1 aromatic rings. The highest BCUT2D eigenvalue weighted by atomic mass is 16.5. The van der Waals surface area contributed by atoms with E-state index in [0.29, 0.717) is 11.3 Å². The van der Waals surface area contributed by atoms with Gasteiger partial charge in [0.25, 0.3) is 5.91 Å². The maximum absolute atomic E-state index is 11.8. The molecule has 1 aromatic carbocycles. The Hall–Kier alpha value is -2.04. The Balaban J connectivity index is 2.23. The maximum atomic E-state index is 11.8. The standard InChI is InChI=1S/C12H14N2O3/c1-17-12(16)8-4-7(5-9(13)6-8)11(15)14-10-2-3-10/h4-6,10H,2-3,13H2,1H3,(H,14,15). The Morgan fingerprint density at radius 2 is 1.94 bits per heavy atom. The largest absolute Gasteiger partial charge is 0.465 e. The van der Waals surface area contributed by atoms with Gasteiger partial charge in [-0.2, -0.15) is 0 Å². The van der Waals surface area contributed by atoms with Gasteiger partial charge in [-0.05, 0) is 31.0 Å². The first kappa shape index (κ1) is 11.4. The van der Waals surface area contributed by atoms with E-state index in [2.05, 4.69) is 10.1 Å². The van der Waals surface area contributed by atoms with E-state index in [4.69, 9.17) is 5.73 Å². The van der Waals surface area contributed by atoms with Gasteiger partial charge in [0.05, 0.1) is 12.7 Å². The van der Waals surface area contributed by atoms with Crippen LogP contribution >= 0.6 is 0 Å². The summed E-state index contributed by atoms with van der Waals surface area (Å²) in [5.41, 5.74) is 6.69. The van der Waals surface area contributed by atoms with Crippen LogP contribution in [0.1, 0.15) is 33.6 Å². The molecule has 1 saturated carbocycles. The summed E-state index contributed by atoms with van der Waals surface area (Å²) in [6, 6.07) is 4.79. The van der Waals surface area contributed by atoms with Gasteiger partial charge < -0.3 is 15.8 Å². The highest BCUT2D eigenvalue weighted by molar-refractivity contribution is 5.99. The number of hydrogen-bond acceptors (Lipinski definition) is 4. The van der Waals surface area contributed by atoms with Crippen molar-refractivity contribution in [2.45, 2.75) is 18.9 Å². The van der Waals surface area contributed by atoms with Crippen molar-refractivity contribution in [3.8, 4) is 0 Å². The van der Waals surface area contributed by atoms with E-state index in [1.54, 1.807) is 6.07 Å². The zero-order valence-electron chi connectivity index (χ0n) is 9.53. The molecule has 0 bridgehead atoms. The number of ether oxygens (including phenoxy) is 1. The predicted molar refractivity (Wildman–Crippen MR) is 62.7 cm³/mol. The van der Waals surface area contributed by atoms with Crippen LogP contribution in [0.4, 0.5) is 5.69 Å². The number of rotatable bonds is 3. The Morgan fingerprint density at radius 1 is 1.29 bits per heavy atom. The molecular weight excluding hydrogens is 220 g/mol. The lowest BCUT2D eigenvalue weighted by atomic mass is 10.1. The first-order chi connectivity index (χ1) is 8.10. The lowest BCUT2D eigenvalue weighted by Gasteiger charge is -2.06. The highest BCUT2D eigenvalue weighted by Crippen LogP contribution is 2.20. The molecule has 0 heterocycles. The zero-order valence-corrected chi connectivity index (χ0v) is 9.53. The number of nitrogens with one attached hydrogen (secondary N) is 1. The first-order valence-corrected chi connectivity index (χ1v) is 5.40. The number of carbonyl (C=O) groups is 2. The molecule has 2 rings (SSSR count). The molecule has 5 nitrogen and oxygen atoms in total. The Morgan fingerprint density at radius 3 is 2.53 bits per heavy atom. The SMILES string of the molecule is COC(=O)c1cc(N)cc(C(=O)NC2CC2)c1. The fourth-order valence-electron chi connectivity index (χ4n) is 1.51. The zero-order chi connectivity index (χ0) is 12.4. The summed E-state index contributed by atoms with van der Waals surface area (Å²) >= 11 is 0. The molecule has 0 saturated heterocycles. The Labute approximate surface area is 98.9 Å². The molecule has 0 aliphatic heterocycles. The minimum absolute atomic E-state index is 0.204. The number of esters is 1. The fourth-order valence-corrected chi connectivity index (χ4v) is 1.51. The van der Waals surface area contributed by atoms with Crippen molar-refractivity contribution in [1.82, 2.24) is 5.32 Å². The average molecular weight is 234 g/mol. The van der Waals surface area contributed by atoms with Crippen LogP contribution in [0.5, 0.6) is 0 Å². The highest BCUT2D eigenvalue weighted by Gasteiger charge is 2.24. The molecule has 1 fully saturated rings. The van der Waals surface area contributed by atoms with Crippen molar-refractivity contribution < 1.29 is 14.3 Å². The molecule has 1 aliphatic rings. The van der Waals surface area contributed by atoms with Crippen LogP contribution in [0.15, 0.2) is 18.2 Å². The molecular formula is C12H14N2O3. The van der Waals surface area contributed by atoms with Crippen LogP contribution in [0.3, 0.4) is 0 Å². The van der Waals surface area contributed by atoms with Crippen LogP contribution in [-0.4, -0.2) is 25.0 Å². The first-order valence-electron chi connectivity index (χ1n) is 5.40. The second-order valence-corrected chi connectivity index (χ2v) is 4.08. The lowest BCUT2D eigenvalue weighted by Crippen LogP contribution is -2.25. The minimum Gasteiger partial charge on any atom is -0.465 e. The van der Waals surface area contributed by atoms with Gasteiger partial charge in [0.15, 0.2) is 0 Å². The van der Waals surface area contributed by atoms with E-state index in [0.717, 1.165) is 12.8 Å². The van der Waals surface area contributed by atoms with Crippen LogP contribution < -0.4 is 11.1 Å². The summed E-state index contributed by atoms with van der Waals surface area (Å²) in [5, 5.41) is 2.83. The minimum atomic E-state index is -0.502. The molecule has 5 heteroatoms. The normalized spacial score (nSPS) is 14.2. The van der Waals surface area contributed by atoms with Gasteiger partial charge in [-0.15, -0.1) is 0 Å². The number of carbonyl (C=O) groups excluding carboxylic acids is 2. The molecule has 0 unspecified atom stereocenters. The third-order valence-corrected chi connectivity index (χ3v) is 2.55. The molecule has 0 radical (unpaired) electrons. The van der Waals surface area contributed by atoms with Gasteiger partial charge in [0, 0.05) is 17.3 Å².